The van der Waals surface area contributed by atoms with Crippen LogP contribution in [0.15, 0.2) is 36.0 Å². The summed E-state index contributed by atoms with van der Waals surface area (Å²) in [4.78, 5) is 23.5. The fraction of sp³-hybridized carbons (Fsp3) is 0.652. The number of allylic oxidation sites excluding steroid dienone is 4. The van der Waals surface area contributed by atoms with Crippen LogP contribution in [-0.2, 0) is 19.6 Å². The highest BCUT2D eigenvalue weighted by molar-refractivity contribution is 7.89. The average molecular weight is 472 g/mol. The van der Waals surface area contributed by atoms with Crippen LogP contribution in [0.1, 0.15) is 58.8 Å². The number of amides is 1. The summed E-state index contributed by atoms with van der Waals surface area (Å²) in [5.74, 6) is -0.571. The molecule has 0 aromatic carbocycles. The van der Waals surface area contributed by atoms with E-state index < -0.39 is 28.3 Å². The Bertz CT molecular complexity index is 797. The quantitative estimate of drug-likeness (QED) is 0.278. The van der Waals surface area contributed by atoms with Gasteiger partial charge in [-0.25, -0.2) is 17.9 Å². The average Bonchev–Trinajstić information content (AvgIpc) is 2.93. The molecule has 0 spiro atoms. The zero-order valence-electron chi connectivity index (χ0n) is 19.2. The van der Waals surface area contributed by atoms with Crippen molar-refractivity contribution in [2.45, 2.75) is 71.0 Å². The molecule has 0 aliphatic heterocycles. The maximum absolute atomic E-state index is 12.3. The van der Waals surface area contributed by atoms with Crippen LogP contribution >= 0.6 is 0 Å². The Hall–Kier alpha value is -1.97. The number of sulfonamides is 1. The van der Waals surface area contributed by atoms with Gasteiger partial charge < -0.3 is 14.9 Å². The molecule has 0 bridgehead atoms. The van der Waals surface area contributed by atoms with Crippen molar-refractivity contribution in [1.29, 1.82) is 0 Å². The van der Waals surface area contributed by atoms with Crippen LogP contribution in [-0.4, -0.2) is 55.6 Å². The standard InChI is InChI=1S/C23H37NO7S/c1-17(2)10-9-11-18(25)13-14-20-19(21(26)16-22(20)27)12-7-5-4-6-8-15-31-23(28)24-32(3,29)30/h5,7,10,13-14,18-20,22,25,27H,4,6,8-9,11-12,15-16H2,1-3H3,(H,24,28)/b7-5-,14-13+/t18-,19+,20+,22+/m0/s1. The number of nitrogens with one attached hydrogen (secondary N) is 1. The molecule has 0 aromatic rings. The van der Waals surface area contributed by atoms with E-state index in [0.29, 0.717) is 19.3 Å². The van der Waals surface area contributed by atoms with Crippen LogP contribution in [0, 0.1) is 11.8 Å². The summed E-state index contributed by atoms with van der Waals surface area (Å²) in [6, 6.07) is 0. The molecule has 8 nitrogen and oxygen atoms in total. The lowest BCUT2D eigenvalue weighted by molar-refractivity contribution is -0.121. The van der Waals surface area contributed by atoms with Gasteiger partial charge in [0.2, 0.25) is 10.0 Å². The number of hydrogen-bond donors (Lipinski definition) is 3. The lowest BCUT2D eigenvalue weighted by Gasteiger charge is -2.16. The second-order valence-electron chi connectivity index (χ2n) is 8.45. The Morgan fingerprint density at radius 1 is 1.25 bits per heavy atom. The molecule has 1 aliphatic rings. The highest BCUT2D eigenvalue weighted by Gasteiger charge is 2.39. The highest BCUT2D eigenvalue weighted by atomic mass is 32.2. The van der Waals surface area contributed by atoms with Crippen molar-refractivity contribution in [1.82, 2.24) is 4.72 Å². The minimum Gasteiger partial charge on any atom is -0.449 e. The number of hydrogen-bond acceptors (Lipinski definition) is 7. The summed E-state index contributed by atoms with van der Waals surface area (Å²) in [6.45, 7) is 4.13. The summed E-state index contributed by atoms with van der Waals surface area (Å²) in [6.07, 6.45) is 12.0. The smallest absolute Gasteiger partial charge is 0.420 e. The van der Waals surface area contributed by atoms with Crippen LogP contribution in [0.5, 0.6) is 0 Å². The van der Waals surface area contributed by atoms with E-state index in [9.17, 15) is 28.2 Å². The molecule has 1 rings (SSSR count). The number of carbonyl (C=O) groups excluding carboxylic acids is 2. The number of aliphatic hydroxyl groups excluding tert-OH is 2. The fourth-order valence-electron chi connectivity index (χ4n) is 3.49. The third kappa shape index (κ3) is 12.2. The Morgan fingerprint density at radius 2 is 1.97 bits per heavy atom. The molecule has 4 atom stereocenters. The van der Waals surface area contributed by atoms with Gasteiger partial charge in [-0.1, -0.05) is 36.0 Å². The molecule has 32 heavy (non-hydrogen) atoms. The molecule has 3 N–H and O–H groups in total. The van der Waals surface area contributed by atoms with Crippen LogP contribution in [0.2, 0.25) is 0 Å². The van der Waals surface area contributed by atoms with E-state index >= 15 is 0 Å². The number of unbranched alkanes of at least 4 members (excludes halogenated alkanes) is 2. The molecule has 0 unspecified atom stereocenters. The first-order valence-corrected chi connectivity index (χ1v) is 12.9. The van der Waals surface area contributed by atoms with Gasteiger partial charge in [0.15, 0.2) is 0 Å². The van der Waals surface area contributed by atoms with Gasteiger partial charge in [0.1, 0.15) is 5.78 Å². The first kappa shape index (κ1) is 28.1. The van der Waals surface area contributed by atoms with Gasteiger partial charge in [0.25, 0.3) is 0 Å². The van der Waals surface area contributed by atoms with Gasteiger partial charge in [0, 0.05) is 18.3 Å². The summed E-state index contributed by atoms with van der Waals surface area (Å²) < 4.78 is 28.3. The van der Waals surface area contributed by atoms with Crippen molar-refractivity contribution in [3.8, 4) is 0 Å². The minimum atomic E-state index is -3.62. The lowest BCUT2D eigenvalue weighted by atomic mass is 9.90. The maximum atomic E-state index is 12.3. The second kappa shape index (κ2) is 14.2. The van der Waals surface area contributed by atoms with E-state index in [1.807, 2.05) is 26.0 Å². The first-order chi connectivity index (χ1) is 15.0. The zero-order chi connectivity index (χ0) is 24.1. The third-order valence-corrected chi connectivity index (χ3v) is 5.66. The van der Waals surface area contributed by atoms with Gasteiger partial charge in [0.05, 0.1) is 25.1 Å². The van der Waals surface area contributed by atoms with Gasteiger partial charge in [-0.15, -0.1) is 0 Å². The predicted octanol–water partition coefficient (Wildman–Crippen LogP) is 3.02. The summed E-state index contributed by atoms with van der Waals surface area (Å²) in [5.41, 5.74) is 1.20. The number of ketones is 1. The van der Waals surface area contributed by atoms with Crippen molar-refractivity contribution < 1.29 is 33.0 Å². The number of Topliss-reactive ketones (excluding diaryl/α,β-unsaturated/α-hetero) is 1. The topological polar surface area (TPSA) is 130 Å². The number of rotatable bonds is 13. The Morgan fingerprint density at radius 3 is 2.62 bits per heavy atom. The van der Waals surface area contributed by atoms with Crippen molar-refractivity contribution in [3.05, 3.63) is 36.0 Å². The zero-order valence-corrected chi connectivity index (χ0v) is 20.0. The molecule has 1 aliphatic carbocycles. The molecule has 1 amide bonds. The molecule has 1 saturated carbocycles. The monoisotopic (exact) mass is 471 g/mol. The van der Waals surface area contributed by atoms with E-state index in [1.54, 1.807) is 16.9 Å². The fourth-order valence-corrected chi connectivity index (χ4v) is 3.86. The summed E-state index contributed by atoms with van der Waals surface area (Å²) in [7, 11) is -3.62. The van der Waals surface area contributed by atoms with Gasteiger partial charge in [-0.3, -0.25) is 4.79 Å². The van der Waals surface area contributed by atoms with Gasteiger partial charge >= 0.3 is 6.09 Å². The number of aliphatic hydroxyl groups is 2. The van der Waals surface area contributed by atoms with Crippen molar-refractivity contribution in [2.24, 2.45) is 11.8 Å². The largest absolute Gasteiger partial charge is 0.449 e. The molecular formula is C23H37NO7S. The van der Waals surface area contributed by atoms with E-state index in [0.717, 1.165) is 25.5 Å². The van der Waals surface area contributed by atoms with E-state index in [2.05, 4.69) is 6.08 Å². The maximum Gasteiger partial charge on any atom is 0.420 e. The van der Waals surface area contributed by atoms with Crippen molar-refractivity contribution in [2.75, 3.05) is 12.9 Å². The Balaban J connectivity index is 2.36. The van der Waals surface area contributed by atoms with Crippen LogP contribution in [0.25, 0.3) is 0 Å². The molecule has 0 radical (unpaired) electrons. The van der Waals surface area contributed by atoms with Crippen LogP contribution in [0.3, 0.4) is 0 Å². The molecule has 0 saturated heterocycles. The highest BCUT2D eigenvalue weighted by Crippen LogP contribution is 2.33. The minimum absolute atomic E-state index is 0.0288. The van der Waals surface area contributed by atoms with Crippen LogP contribution in [0.4, 0.5) is 4.79 Å². The van der Waals surface area contributed by atoms with E-state index in [-0.39, 0.29) is 30.6 Å². The molecule has 0 aromatic heterocycles. The Labute approximate surface area is 191 Å². The summed E-state index contributed by atoms with van der Waals surface area (Å²) >= 11 is 0. The Kier molecular flexibility index (Phi) is 12.5. The molecular weight excluding hydrogens is 434 g/mol. The van der Waals surface area contributed by atoms with Crippen molar-refractivity contribution in [3.63, 3.8) is 0 Å². The summed E-state index contributed by atoms with van der Waals surface area (Å²) in [5, 5.41) is 20.3. The lowest BCUT2D eigenvalue weighted by Crippen LogP contribution is -2.30. The van der Waals surface area contributed by atoms with Gasteiger partial charge in [-0.05, 0) is 52.4 Å². The van der Waals surface area contributed by atoms with E-state index in [4.69, 9.17) is 4.74 Å². The van der Waals surface area contributed by atoms with E-state index in [1.165, 1.54) is 5.57 Å². The number of ether oxygens (including phenoxy) is 1. The normalized spacial score (nSPS) is 22.4. The third-order valence-electron chi connectivity index (χ3n) is 5.13. The molecule has 0 heterocycles. The molecule has 1 fully saturated rings. The number of carbonyl (C=O) groups is 2. The van der Waals surface area contributed by atoms with Crippen molar-refractivity contribution >= 4 is 21.9 Å². The molecule has 182 valence electrons. The second-order valence-corrected chi connectivity index (χ2v) is 10.2. The SMILES string of the molecule is CC(C)=CCC[C@H](O)/C=C/[C@H]1[C@H](O)CC(=O)[C@@H]1C/C=C\CCCCOC(=O)NS(C)(=O)=O. The first-order valence-electron chi connectivity index (χ1n) is 11.0. The predicted molar refractivity (Wildman–Crippen MR) is 123 cm³/mol. The molecule has 9 heteroatoms. The van der Waals surface area contributed by atoms with Gasteiger partial charge in [-0.2, -0.15) is 0 Å². The van der Waals surface area contributed by atoms with Crippen LogP contribution < -0.4 is 4.72 Å².